The minimum absolute atomic E-state index is 0. The number of nitrogens with two attached hydrogens (primary N) is 1. The molecule has 32 heavy (non-hydrogen) atoms. The van der Waals surface area contributed by atoms with Gasteiger partial charge in [0, 0.05) is 23.9 Å². The zero-order chi connectivity index (χ0) is 21.3. The van der Waals surface area contributed by atoms with Gasteiger partial charge >= 0.3 is 5.97 Å². The van der Waals surface area contributed by atoms with E-state index in [1.807, 2.05) is 31.2 Å². The Morgan fingerprint density at radius 3 is 2.59 bits per heavy atom. The standard InChI is InChI=1S/C23H25N3O4.2ClH/c1-13-18-10-15(22(24)25)4-7-20(18)30-21(13)11-19(23(27)28)14-2-5-16(6-3-14)29-17-8-9-26-12-17;;/h2-7,10,17,19,26H,8-9,11-12H2,1H3,(H3,24,25)(H,27,28);2*1H/t17-,19?;;/m0../s1. The fourth-order valence-electron chi connectivity index (χ4n) is 3.87. The molecule has 3 aromatic rings. The average molecular weight is 480 g/mol. The van der Waals surface area contributed by atoms with E-state index >= 15 is 0 Å². The Kier molecular flexibility index (Phi) is 8.55. The third-order valence-electron chi connectivity index (χ3n) is 5.63. The van der Waals surface area contributed by atoms with Gasteiger partial charge in [-0.05, 0) is 61.3 Å². The molecule has 2 aromatic carbocycles. The van der Waals surface area contributed by atoms with Crippen LogP contribution in [0.1, 0.15) is 34.8 Å². The highest BCUT2D eigenvalue weighted by Gasteiger charge is 2.24. The van der Waals surface area contributed by atoms with E-state index in [9.17, 15) is 9.90 Å². The third kappa shape index (κ3) is 5.35. The summed E-state index contributed by atoms with van der Waals surface area (Å²) in [7, 11) is 0. The number of hydrogen-bond acceptors (Lipinski definition) is 5. The van der Waals surface area contributed by atoms with Crippen LogP contribution >= 0.6 is 24.8 Å². The summed E-state index contributed by atoms with van der Waals surface area (Å²) in [5, 5.41) is 21.6. The molecule has 0 radical (unpaired) electrons. The highest BCUT2D eigenvalue weighted by atomic mass is 35.5. The Morgan fingerprint density at radius 2 is 2.00 bits per heavy atom. The van der Waals surface area contributed by atoms with E-state index in [2.05, 4.69) is 5.32 Å². The molecule has 1 aromatic heterocycles. The lowest BCUT2D eigenvalue weighted by molar-refractivity contribution is -0.138. The summed E-state index contributed by atoms with van der Waals surface area (Å²) in [4.78, 5) is 12.0. The van der Waals surface area contributed by atoms with Crippen LogP contribution in [0.3, 0.4) is 0 Å². The van der Waals surface area contributed by atoms with Crippen molar-refractivity contribution < 1.29 is 19.1 Å². The summed E-state index contributed by atoms with van der Waals surface area (Å²) in [5.74, 6) is -0.298. The maximum atomic E-state index is 12.0. The second-order valence-electron chi connectivity index (χ2n) is 7.67. The molecule has 0 amide bonds. The van der Waals surface area contributed by atoms with Crippen molar-refractivity contribution in [2.24, 2.45) is 5.73 Å². The Morgan fingerprint density at radius 1 is 1.28 bits per heavy atom. The van der Waals surface area contributed by atoms with Gasteiger partial charge in [-0.3, -0.25) is 10.2 Å². The lowest BCUT2D eigenvalue weighted by Crippen LogP contribution is -2.19. The van der Waals surface area contributed by atoms with E-state index in [-0.39, 0.29) is 43.2 Å². The van der Waals surface area contributed by atoms with Crippen LogP contribution in [0.4, 0.5) is 0 Å². The largest absolute Gasteiger partial charge is 0.489 e. The quantitative estimate of drug-likeness (QED) is 0.299. The number of hydrogen-bond donors (Lipinski definition) is 4. The van der Waals surface area contributed by atoms with E-state index in [0.29, 0.717) is 22.5 Å². The first-order valence-electron chi connectivity index (χ1n) is 9.99. The lowest BCUT2D eigenvalue weighted by atomic mass is 9.93. The molecule has 172 valence electrons. The summed E-state index contributed by atoms with van der Waals surface area (Å²) in [6, 6.07) is 12.6. The Balaban J connectivity index is 0.00000181. The smallest absolute Gasteiger partial charge is 0.311 e. The van der Waals surface area contributed by atoms with Gasteiger partial charge in [-0.2, -0.15) is 0 Å². The van der Waals surface area contributed by atoms with Crippen molar-refractivity contribution in [1.29, 1.82) is 5.41 Å². The maximum Gasteiger partial charge on any atom is 0.311 e. The van der Waals surface area contributed by atoms with Crippen LogP contribution in [-0.2, 0) is 11.2 Å². The number of amidine groups is 1. The number of aryl methyl sites for hydroxylation is 1. The fourth-order valence-corrected chi connectivity index (χ4v) is 3.87. The van der Waals surface area contributed by atoms with Gasteiger partial charge in [-0.25, -0.2) is 0 Å². The molecule has 1 aliphatic heterocycles. The number of carbonyl (C=O) groups is 1. The van der Waals surface area contributed by atoms with Gasteiger partial charge < -0.3 is 25.3 Å². The maximum absolute atomic E-state index is 12.0. The molecule has 2 heterocycles. The number of benzene rings is 2. The average Bonchev–Trinajstić information content (AvgIpc) is 3.34. The van der Waals surface area contributed by atoms with Gasteiger partial charge in [0.05, 0.1) is 5.92 Å². The number of nitrogens with one attached hydrogen (secondary N) is 2. The molecule has 9 heteroatoms. The number of aliphatic carboxylic acids is 1. The number of carboxylic acid groups (broad SMARTS) is 1. The number of ether oxygens (including phenoxy) is 1. The van der Waals surface area contributed by atoms with Crippen molar-refractivity contribution in [3.63, 3.8) is 0 Å². The second kappa shape index (κ2) is 10.7. The van der Waals surface area contributed by atoms with Gasteiger partial charge in [0.2, 0.25) is 0 Å². The van der Waals surface area contributed by atoms with Gasteiger partial charge in [-0.1, -0.05) is 12.1 Å². The first-order chi connectivity index (χ1) is 14.4. The highest BCUT2D eigenvalue weighted by Crippen LogP contribution is 2.31. The normalized spacial score (nSPS) is 16.1. The number of nitrogen functional groups attached to an aromatic ring is 1. The number of carboxylic acids is 1. The predicted octanol–water partition coefficient (Wildman–Crippen LogP) is 4.02. The summed E-state index contributed by atoms with van der Waals surface area (Å²) in [6.45, 7) is 3.68. The van der Waals surface area contributed by atoms with Crippen molar-refractivity contribution >= 4 is 47.6 Å². The molecule has 1 fully saturated rings. The first kappa shape index (κ1) is 25.5. The number of halogens is 2. The van der Waals surface area contributed by atoms with Gasteiger partial charge in [0.25, 0.3) is 0 Å². The number of furan rings is 1. The van der Waals surface area contributed by atoms with Crippen molar-refractivity contribution in [3.8, 4) is 5.75 Å². The van der Waals surface area contributed by atoms with Crippen molar-refractivity contribution in [3.05, 3.63) is 64.9 Å². The van der Waals surface area contributed by atoms with Crippen LogP contribution in [0.25, 0.3) is 11.0 Å². The van der Waals surface area contributed by atoms with Crippen LogP contribution < -0.4 is 15.8 Å². The highest BCUT2D eigenvalue weighted by molar-refractivity contribution is 5.99. The predicted molar refractivity (Wildman–Crippen MR) is 129 cm³/mol. The summed E-state index contributed by atoms with van der Waals surface area (Å²) in [5.41, 5.74) is 8.42. The summed E-state index contributed by atoms with van der Waals surface area (Å²) in [6.07, 6.45) is 1.36. The van der Waals surface area contributed by atoms with E-state index in [0.717, 1.165) is 36.2 Å². The molecular weight excluding hydrogens is 453 g/mol. The van der Waals surface area contributed by atoms with Crippen LogP contribution in [0, 0.1) is 12.3 Å². The Labute approximate surface area is 198 Å². The zero-order valence-electron chi connectivity index (χ0n) is 17.6. The molecule has 1 saturated heterocycles. The fraction of sp³-hybridized carbons (Fsp3) is 0.304. The minimum atomic E-state index is -0.909. The Hall–Kier alpha value is -2.74. The third-order valence-corrected chi connectivity index (χ3v) is 5.63. The molecule has 0 aliphatic carbocycles. The summed E-state index contributed by atoms with van der Waals surface area (Å²) < 4.78 is 11.9. The molecule has 0 bridgehead atoms. The Bertz CT molecular complexity index is 1090. The van der Waals surface area contributed by atoms with Gasteiger partial charge in [0.15, 0.2) is 0 Å². The monoisotopic (exact) mass is 479 g/mol. The van der Waals surface area contributed by atoms with Gasteiger partial charge in [-0.15, -0.1) is 24.8 Å². The summed E-state index contributed by atoms with van der Waals surface area (Å²) >= 11 is 0. The molecule has 7 nitrogen and oxygen atoms in total. The van der Waals surface area contributed by atoms with Crippen molar-refractivity contribution in [1.82, 2.24) is 5.32 Å². The minimum Gasteiger partial charge on any atom is -0.489 e. The number of rotatable bonds is 7. The SMILES string of the molecule is Cc1c(CC(C(=O)O)c2ccc(O[C@H]3CCNC3)cc2)oc2ccc(C(=N)N)cc12.Cl.Cl. The molecule has 4 rings (SSSR count). The second-order valence-corrected chi connectivity index (χ2v) is 7.67. The molecule has 1 unspecified atom stereocenters. The molecular formula is C23H27Cl2N3O4. The molecule has 0 spiro atoms. The van der Waals surface area contributed by atoms with E-state index in [1.165, 1.54) is 0 Å². The topological polar surface area (TPSA) is 122 Å². The van der Waals surface area contributed by atoms with E-state index < -0.39 is 11.9 Å². The van der Waals surface area contributed by atoms with E-state index in [1.54, 1.807) is 18.2 Å². The first-order valence-corrected chi connectivity index (χ1v) is 9.99. The molecule has 1 aliphatic rings. The van der Waals surface area contributed by atoms with Crippen molar-refractivity contribution in [2.45, 2.75) is 31.8 Å². The molecule has 5 N–H and O–H groups in total. The van der Waals surface area contributed by atoms with Crippen LogP contribution in [0.2, 0.25) is 0 Å². The molecule has 2 atom stereocenters. The lowest BCUT2D eigenvalue weighted by Gasteiger charge is -2.15. The van der Waals surface area contributed by atoms with Crippen LogP contribution in [0.15, 0.2) is 46.9 Å². The molecule has 0 saturated carbocycles. The zero-order valence-corrected chi connectivity index (χ0v) is 19.2. The van der Waals surface area contributed by atoms with Gasteiger partial charge in [0.1, 0.15) is 29.0 Å². The van der Waals surface area contributed by atoms with E-state index in [4.69, 9.17) is 20.3 Å². The van der Waals surface area contributed by atoms with Crippen molar-refractivity contribution in [2.75, 3.05) is 13.1 Å². The number of fused-ring (bicyclic) bond motifs is 1. The van der Waals surface area contributed by atoms with Crippen LogP contribution in [0.5, 0.6) is 5.75 Å². The van der Waals surface area contributed by atoms with Crippen LogP contribution in [-0.4, -0.2) is 36.1 Å².